The molecular weight excluding hydrogens is 260 g/mol. The molecule has 1 amide bonds. The van der Waals surface area contributed by atoms with Crippen LogP contribution in [0.25, 0.3) is 0 Å². The van der Waals surface area contributed by atoms with E-state index in [4.69, 9.17) is 4.74 Å². The predicted octanol–water partition coefficient (Wildman–Crippen LogP) is 1.61. The molecule has 1 atom stereocenters. The van der Waals surface area contributed by atoms with Crippen LogP contribution in [0.2, 0.25) is 0 Å². The summed E-state index contributed by atoms with van der Waals surface area (Å²) in [6.45, 7) is 4.66. The summed E-state index contributed by atoms with van der Waals surface area (Å²) in [6.07, 6.45) is 0. The molecule has 1 aromatic rings. The number of benzene rings is 1. The highest BCUT2D eigenvalue weighted by molar-refractivity contribution is 8.00. The average molecular weight is 280 g/mol. The van der Waals surface area contributed by atoms with E-state index in [9.17, 15) is 4.79 Å². The van der Waals surface area contributed by atoms with Crippen molar-refractivity contribution < 1.29 is 9.53 Å². The number of piperazine rings is 1. The maximum atomic E-state index is 12.2. The number of methoxy groups -OCH3 is 1. The third-order valence-electron chi connectivity index (χ3n) is 3.23. The van der Waals surface area contributed by atoms with Gasteiger partial charge in [-0.15, -0.1) is 11.8 Å². The van der Waals surface area contributed by atoms with Crippen molar-refractivity contribution in [3.05, 3.63) is 24.3 Å². The number of thioether (sulfide) groups is 1. The second-order valence-corrected chi connectivity index (χ2v) is 5.66. The fourth-order valence-electron chi connectivity index (χ4n) is 2.13. The summed E-state index contributed by atoms with van der Waals surface area (Å²) in [5.41, 5.74) is 0. The van der Waals surface area contributed by atoms with Gasteiger partial charge in [0.1, 0.15) is 5.75 Å². The van der Waals surface area contributed by atoms with E-state index >= 15 is 0 Å². The summed E-state index contributed by atoms with van der Waals surface area (Å²) in [5.74, 6) is 1.52. The molecule has 1 saturated heterocycles. The van der Waals surface area contributed by atoms with Crippen LogP contribution < -0.4 is 10.1 Å². The summed E-state index contributed by atoms with van der Waals surface area (Å²) >= 11 is 1.56. The summed E-state index contributed by atoms with van der Waals surface area (Å²) in [7, 11) is 1.65. The summed E-state index contributed by atoms with van der Waals surface area (Å²) in [4.78, 5) is 15.2. The Kier molecular flexibility index (Phi) is 5.10. The minimum absolute atomic E-state index is 0.210. The molecule has 1 aliphatic heterocycles. The van der Waals surface area contributed by atoms with E-state index in [2.05, 4.69) is 12.2 Å². The zero-order valence-electron chi connectivity index (χ0n) is 11.4. The minimum Gasteiger partial charge on any atom is -0.497 e. The van der Waals surface area contributed by atoms with Crippen LogP contribution >= 0.6 is 11.8 Å². The van der Waals surface area contributed by atoms with Crippen LogP contribution in [0.15, 0.2) is 29.2 Å². The molecular formula is C14H20N2O2S. The van der Waals surface area contributed by atoms with Gasteiger partial charge in [0.25, 0.3) is 0 Å². The molecule has 1 heterocycles. The van der Waals surface area contributed by atoms with Crippen molar-refractivity contribution in [3.8, 4) is 5.75 Å². The van der Waals surface area contributed by atoms with Crippen LogP contribution in [-0.4, -0.2) is 49.3 Å². The first kappa shape index (κ1) is 14.2. The highest BCUT2D eigenvalue weighted by atomic mass is 32.2. The standard InChI is InChI=1S/C14H20N2O2S/c1-11-9-15-6-7-16(11)14(17)10-19-13-5-3-4-12(8-13)18-2/h3-5,8,11,15H,6-7,9-10H2,1-2H3. The van der Waals surface area contributed by atoms with Gasteiger partial charge in [-0.3, -0.25) is 4.79 Å². The third kappa shape index (κ3) is 3.88. The number of nitrogens with zero attached hydrogens (tertiary/aromatic N) is 1. The number of ether oxygens (including phenoxy) is 1. The highest BCUT2D eigenvalue weighted by Gasteiger charge is 2.22. The number of carbonyl (C=O) groups excluding carboxylic acids is 1. The van der Waals surface area contributed by atoms with Crippen LogP contribution in [0.4, 0.5) is 0 Å². The first-order chi connectivity index (χ1) is 9.20. The molecule has 0 aliphatic carbocycles. The average Bonchev–Trinajstić information content (AvgIpc) is 2.45. The SMILES string of the molecule is COc1cccc(SCC(=O)N2CCNCC2C)c1. The Bertz CT molecular complexity index is 439. The van der Waals surface area contributed by atoms with Crippen molar-refractivity contribution in [3.63, 3.8) is 0 Å². The molecule has 0 spiro atoms. The van der Waals surface area contributed by atoms with Gasteiger partial charge in [0.2, 0.25) is 5.91 Å². The van der Waals surface area contributed by atoms with Gasteiger partial charge in [-0.05, 0) is 25.1 Å². The maximum Gasteiger partial charge on any atom is 0.233 e. The van der Waals surface area contributed by atoms with E-state index in [-0.39, 0.29) is 11.9 Å². The second-order valence-electron chi connectivity index (χ2n) is 4.61. The van der Waals surface area contributed by atoms with Crippen molar-refractivity contribution in [2.45, 2.75) is 17.9 Å². The normalized spacial score (nSPS) is 19.3. The van der Waals surface area contributed by atoms with Gasteiger partial charge in [-0.1, -0.05) is 6.07 Å². The Balaban J connectivity index is 1.88. The number of rotatable bonds is 4. The molecule has 0 radical (unpaired) electrons. The van der Waals surface area contributed by atoms with Gasteiger partial charge < -0.3 is 15.0 Å². The molecule has 1 aromatic carbocycles. The fourth-order valence-corrected chi connectivity index (χ4v) is 2.96. The Morgan fingerprint density at radius 2 is 2.42 bits per heavy atom. The van der Waals surface area contributed by atoms with Crippen molar-refractivity contribution in [2.75, 3.05) is 32.5 Å². The molecule has 0 bridgehead atoms. The summed E-state index contributed by atoms with van der Waals surface area (Å²) in [5, 5.41) is 3.29. The van der Waals surface area contributed by atoms with Gasteiger partial charge in [-0.2, -0.15) is 0 Å². The van der Waals surface area contributed by atoms with Gasteiger partial charge in [-0.25, -0.2) is 0 Å². The van der Waals surface area contributed by atoms with E-state index < -0.39 is 0 Å². The molecule has 2 rings (SSSR count). The van der Waals surface area contributed by atoms with Crippen molar-refractivity contribution in [2.24, 2.45) is 0 Å². The highest BCUT2D eigenvalue weighted by Crippen LogP contribution is 2.23. The van der Waals surface area contributed by atoms with E-state index in [0.29, 0.717) is 5.75 Å². The first-order valence-corrected chi connectivity index (χ1v) is 7.46. The van der Waals surface area contributed by atoms with Crippen molar-refractivity contribution >= 4 is 17.7 Å². The summed E-state index contributed by atoms with van der Waals surface area (Å²) < 4.78 is 5.18. The van der Waals surface area contributed by atoms with Gasteiger partial charge in [0.05, 0.1) is 12.9 Å². The van der Waals surface area contributed by atoms with Crippen LogP contribution in [0.3, 0.4) is 0 Å². The molecule has 4 nitrogen and oxygen atoms in total. The van der Waals surface area contributed by atoms with Crippen LogP contribution in [0.1, 0.15) is 6.92 Å². The lowest BCUT2D eigenvalue weighted by molar-refractivity contribution is -0.131. The van der Waals surface area contributed by atoms with E-state index in [1.54, 1.807) is 18.9 Å². The molecule has 1 fully saturated rings. The molecule has 19 heavy (non-hydrogen) atoms. The lowest BCUT2D eigenvalue weighted by Crippen LogP contribution is -2.52. The first-order valence-electron chi connectivity index (χ1n) is 6.47. The number of amides is 1. The predicted molar refractivity (Wildman–Crippen MR) is 77.8 cm³/mol. The van der Waals surface area contributed by atoms with Gasteiger partial charge in [0.15, 0.2) is 0 Å². The Morgan fingerprint density at radius 3 is 3.16 bits per heavy atom. The van der Waals surface area contributed by atoms with Gasteiger partial charge >= 0.3 is 0 Å². The molecule has 1 N–H and O–H groups in total. The Labute approximate surface area is 118 Å². The van der Waals surface area contributed by atoms with Crippen LogP contribution in [0, 0.1) is 0 Å². The summed E-state index contributed by atoms with van der Waals surface area (Å²) in [6, 6.07) is 8.09. The monoisotopic (exact) mass is 280 g/mol. The van der Waals surface area contributed by atoms with E-state index in [0.717, 1.165) is 30.3 Å². The van der Waals surface area contributed by atoms with Crippen molar-refractivity contribution in [1.29, 1.82) is 0 Å². The molecule has 0 aromatic heterocycles. The number of nitrogens with one attached hydrogen (secondary N) is 1. The number of carbonyl (C=O) groups is 1. The fraction of sp³-hybridized carbons (Fsp3) is 0.500. The second kappa shape index (κ2) is 6.82. The largest absolute Gasteiger partial charge is 0.497 e. The lowest BCUT2D eigenvalue weighted by Gasteiger charge is -2.33. The zero-order valence-corrected chi connectivity index (χ0v) is 12.2. The van der Waals surface area contributed by atoms with E-state index in [1.165, 1.54) is 0 Å². The minimum atomic E-state index is 0.210. The number of hydrogen-bond donors (Lipinski definition) is 1. The molecule has 5 heteroatoms. The van der Waals surface area contributed by atoms with Crippen LogP contribution in [0.5, 0.6) is 5.75 Å². The van der Waals surface area contributed by atoms with Crippen LogP contribution in [-0.2, 0) is 4.79 Å². The molecule has 0 saturated carbocycles. The quantitative estimate of drug-likeness (QED) is 0.851. The smallest absolute Gasteiger partial charge is 0.233 e. The third-order valence-corrected chi connectivity index (χ3v) is 4.20. The van der Waals surface area contributed by atoms with Gasteiger partial charge in [0, 0.05) is 30.6 Å². The lowest BCUT2D eigenvalue weighted by atomic mass is 10.2. The zero-order chi connectivity index (χ0) is 13.7. The number of hydrogen-bond acceptors (Lipinski definition) is 4. The maximum absolute atomic E-state index is 12.2. The molecule has 1 aliphatic rings. The van der Waals surface area contributed by atoms with Crippen molar-refractivity contribution in [1.82, 2.24) is 10.2 Å². The molecule has 104 valence electrons. The van der Waals surface area contributed by atoms with E-state index in [1.807, 2.05) is 29.2 Å². The Hall–Kier alpha value is -1.20. The Morgan fingerprint density at radius 1 is 1.58 bits per heavy atom. The topological polar surface area (TPSA) is 41.6 Å². The molecule has 1 unspecified atom stereocenters.